The topological polar surface area (TPSA) is 189 Å². The van der Waals surface area contributed by atoms with Crippen molar-refractivity contribution in [3.63, 3.8) is 0 Å². The lowest BCUT2D eigenvalue weighted by molar-refractivity contribution is -0.783. The van der Waals surface area contributed by atoms with Gasteiger partial charge in [-0.05, 0) is 5.53 Å². The van der Waals surface area contributed by atoms with Crippen molar-refractivity contribution in [2.75, 3.05) is 6.61 Å². The molecule has 0 aromatic carbocycles. The Labute approximate surface area is 146 Å². The van der Waals surface area contributed by atoms with Crippen LogP contribution in [0.25, 0.3) is 10.4 Å². The predicted molar refractivity (Wildman–Crippen MR) is 77.4 cm³/mol. The molecule has 0 spiro atoms. The van der Waals surface area contributed by atoms with Crippen molar-refractivity contribution in [2.24, 2.45) is 5.11 Å². The van der Waals surface area contributed by atoms with Crippen LogP contribution >= 0.6 is 0 Å². The standard InChI is InChI=1S/C12H16N4O10/c1-5(17)22-4-8-10(23-6(2)18)11(24-7(3)19)9(14-15-13)12(25-8)26-16(20)21/h8-12H,4H2,1-3H3/t8-,9-,10+,11-,12-/m1/s1. The molecule has 14 nitrogen and oxygen atoms in total. The monoisotopic (exact) mass is 376 g/mol. The second-order valence-corrected chi connectivity index (χ2v) is 5.02. The van der Waals surface area contributed by atoms with Crippen molar-refractivity contribution in [2.45, 2.75) is 51.4 Å². The number of carbonyl (C=O) groups is 3. The fourth-order valence-corrected chi connectivity index (χ4v) is 2.24. The molecule has 1 saturated heterocycles. The lowest BCUT2D eigenvalue weighted by Gasteiger charge is -2.42. The smallest absolute Gasteiger partial charge is 0.303 e. The van der Waals surface area contributed by atoms with Gasteiger partial charge in [-0.2, -0.15) is 0 Å². The zero-order valence-electron chi connectivity index (χ0n) is 14.0. The van der Waals surface area contributed by atoms with Gasteiger partial charge in [-0.15, -0.1) is 10.1 Å². The van der Waals surface area contributed by atoms with Crippen LogP contribution in [0.4, 0.5) is 0 Å². The lowest BCUT2D eigenvalue weighted by Crippen LogP contribution is -2.61. The Kier molecular flexibility index (Phi) is 7.55. The number of hydrogen-bond donors (Lipinski definition) is 0. The minimum absolute atomic E-state index is 0.494. The van der Waals surface area contributed by atoms with E-state index >= 15 is 0 Å². The number of carbonyl (C=O) groups excluding carboxylic acids is 3. The molecular weight excluding hydrogens is 360 g/mol. The van der Waals surface area contributed by atoms with Crippen molar-refractivity contribution in [1.82, 2.24) is 0 Å². The van der Waals surface area contributed by atoms with Crippen LogP contribution in [0.15, 0.2) is 5.11 Å². The van der Waals surface area contributed by atoms with E-state index in [1.807, 2.05) is 0 Å². The number of hydrogen-bond acceptors (Lipinski definition) is 11. The third-order valence-electron chi connectivity index (χ3n) is 3.04. The van der Waals surface area contributed by atoms with E-state index in [1.54, 1.807) is 0 Å². The van der Waals surface area contributed by atoms with E-state index in [2.05, 4.69) is 14.9 Å². The first-order chi connectivity index (χ1) is 12.1. The highest BCUT2D eigenvalue weighted by Crippen LogP contribution is 2.29. The average molecular weight is 376 g/mol. The van der Waals surface area contributed by atoms with Gasteiger partial charge < -0.3 is 18.9 Å². The SMILES string of the molecule is CC(=O)OC[C@H]1O[C@H](O[N+](=O)[O-])[C@H](N=[N+]=[N-])[C@@H](OC(C)=O)[C@H]1OC(C)=O. The fraction of sp³-hybridized carbons (Fsp3) is 0.750. The summed E-state index contributed by atoms with van der Waals surface area (Å²) < 4.78 is 20.1. The van der Waals surface area contributed by atoms with Gasteiger partial charge in [0.05, 0.1) is 0 Å². The first-order valence-corrected chi connectivity index (χ1v) is 7.14. The molecule has 0 bridgehead atoms. The summed E-state index contributed by atoms with van der Waals surface area (Å²) in [6.45, 7) is 2.68. The fourth-order valence-electron chi connectivity index (χ4n) is 2.24. The minimum atomic E-state index is -1.79. The van der Waals surface area contributed by atoms with E-state index in [9.17, 15) is 24.5 Å². The highest BCUT2D eigenvalue weighted by molar-refractivity contribution is 5.68. The van der Waals surface area contributed by atoms with Gasteiger partial charge in [0, 0.05) is 25.7 Å². The minimum Gasteiger partial charge on any atom is -0.463 e. The van der Waals surface area contributed by atoms with Crippen molar-refractivity contribution in [3.05, 3.63) is 20.6 Å². The van der Waals surface area contributed by atoms with Crippen molar-refractivity contribution in [1.29, 1.82) is 0 Å². The van der Waals surface area contributed by atoms with Crippen LogP contribution in [-0.4, -0.2) is 60.2 Å². The van der Waals surface area contributed by atoms with Crippen LogP contribution in [0.3, 0.4) is 0 Å². The third kappa shape index (κ3) is 6.07. The first kappa shape index (κ1) is 20.9. The van der Waals surface area contributed by atoms with Crippen LogP contribution in [0.5, 0.6) is 0 Å². The summed E-state index contributed by atoms with van der Waals surface area (Å²) in [6, 6.07) is -1.55. The van der Waals surface area contributed by atoms with E-state index in [0.717, 1.165) is 20.8 Å². The largest absolute Gasteiger partial charge is 0.463 e. The molecule has 26 heavy (non-hydrogen) atoms. The van der Waals surface area contributed by atoms with Crippen LogP contribution in [0.2, 0.25) is 0 Å². The zero-order chi connectivity index (χ0) is 19.9. The predicted octanol–water partition coefficient (Wildman–Crippen LogP) is 0.0250. The Morgan fingerprint density at radius 1 is 1.15 bits per heavy atom. The van der Waals surface area contributed by atoms with E-state index in [0.29, 0.717) is 0 Å². The molecule has 5 atom stereocenters. The van der Waals surface area contributed by atoms with Gasteiger partial charge in [-0.3, -0.25) is 19.2 Å². The summed E-state index contributed by atoms with van der Waals surface area (Å²) in [4.78, 5) is 51.3. The maximum Gasteiger partial charge on any atom is 0.303 e. The van der Waals surface area contributed by atoms with Crippen molar-refractivity contribution < 1.29 is 43.3 Å². The van der Waals surface area contributed by atoms with Gasteiger partial charge >= 0.3 is 17.9 Å². The zero-order valence-corrected chi connectivity index (χ0v) is 14.0. The third-order valence-corrected chi connectivity index (χ3v) is 3.04. The number of esters is 3. The summed E-state index contributed by atoms with van der Waals surface area (Å²) in [5.74, 6) is -2.36. The average Bonchev–Trinajstić information content (AvgIpc) is 2.49. The van der Waals surface area contributed by atoms with Gasteiger partial charge in [0.1, 0.15) is 18.8 Å². The molecule has 0 N–H and O–H groups in total. The van der Waals surface area contributed by atoms with Crippen LogP contribution in [-0.2, 0) is 38.2 Å². The number of azide groups is 1. The van der Waals surface area contributed by atoms with Gasteiger partial charge in [0.25, 0.3) is 5.09 Å². The maximum atomic E-state index is 11.4. The van der Waals surface area contributed by atoms with E-state index < -0.39 is 60.2 Å². The molecule has 14 heteroatoms. The van der Waals surface area contributed by atoms with Crippen LogP contribution in [0, 0.1) is 10.1 Å². The highest BCUT2D eigenvalue weighted by Gasteiger charge is 2.51. The van der Waals surface area contributed by atoms with Crippen molar-refractivity contribution in [3.8, 4) is 0 Å². The summed E-state index contributed by atoms with van der Waals surface area (Å²) >= 11 is 0. The second kappa shape index (κ2) is 9.39. The van der Waals surface area contributed by atoms with Gasteiger partial charge in [0.15, 0.2) is 12.2 Å². The molecule has 0 aromatic rings. The van der Waals surface area contributed by atoms with Crippen molar-refractivity contribution >= 4 is 17.9 Å². The molecule has 1 heterocycles. The van der Waals surface area contributed by atoms with E-state index in [1.165, 1.54) is 0 Å². The molecule has 0 saturated carbocycles. The Bertz CT molecular complexity index is 619. The molecule has 1 rings (SSSR count). The molecule has 0 unspecified atom stereocenters. The lowest BCUT2D eigenvalue weighted by atomic mass is 9.97. The molecule has 0 amide bonds. The summed E-state index contributed by atoms with van der Waals surface area (Å²) in [6.07, 6.45) is -5.94. The van der Waals surface area contributed by atoms with E-state index in [4.69, 9.17) is 24.5 Å². The molecule has 1 aliphatic rings. The quantitative estimate of drug-likeness (QED) is 0.111. The van der Waals surface area contributed by atoms with Crippen LogP contribution < -0.4 is 0 Å². The Morgan fingerprint density at radius 2 is 1.73 bits per heavy atom. The molecule has 0 aromatic heterocycles. The first-order valence-electron chi connectivity index (χ1n) is 7.14. The van der Waals surface area contributed by atoms with Crippen LogP contribution in [0.1, 0.15) is 20.8 Å². The molecule has 0 radical (unpaired) electrons. The summed E-state index contributed by atoms with van der Waals surface area (Å²) in [5, 5.41) is 12.8. The molecular formula is C12H16N4O10. The number of rotatable bonds is 7. The van der Waals surface area contributed by atoms with Gasteiger partial charge in [0.2, 0.25) is 6.29 Å². The Morgan fingerprint density at radius 3 is 2.19 bits per heavy atom. The number of nitrogens with zero attached hydrogens (tertiary/aromatic N) is 4. The molecule has 144 valence electrons. The summed E-state index contributed by atoms with van der Waals surface area (Å²) in [5.41, 5.74) is 8.69. The normalized spacial score (nSPS) is 27.4. The Hall–Kier alpha value is -3.12. The summed E-state index contributed by atoms with van der Waals surface area (Å²) in [7, 11) is 0. The van der Waals surface area contributed by atoms with Gasteiger partial charge in [-0.1, -0.05) is 5.11 Å². The second-order valence-electron chi connectivity index (χ2n) is 5.02. The van der Waals surface area contributed by atoms with Gasteiger partial charge in [-0.25, -0.2) is 0 Å². The maximum absolute atomic E-state index is 11.4. The highest BCUT2D eigenvalue weighted by atomic mass is 17.0. The molecule has 1 aliphatic heterocycles. The van der Waals surface area contributed by atoms with E-state index in [-0.39, 0.29) is 0 Å². The Balaban J connectivity index is 3.28. The molecule has 0 aliphatic carbocycles. The number of ether oxygens (including phenoxy) is 4. The molecule has 1 fully saturated rings.